The summed E-state index contributed by atoms with van der Waals surface area (Å²) in [4.78, 5) is 11.2. The Morgan fingerprint density at radius 1 is 1.24 bits per heavy atom. The van der Waals surface area contributed by atoms with Gasteiger partial charge in [-0.1, -0.05) is 20.8 Å². The van der Waals surface area contributed by atoms with Gasteiger partial charge in [-0.25, -0.2) is 0 Å². The second-order valence-electron chi connectivity index (χ2n) is 7.58. The SMILES string of the molecule is CC(=O)O[C@H]1[CH][C@H]2C[C@@H]1[C@@H](O[Si](C)(C)C(C)(C)C)C2.[Cl-].[Hg+]. The molecule has 0 saturated heterocycles. The Balaban J connectivity index is 0.00000200. The molecule has 0 spiro atoms. The molecule has 2 radical (unpaired) electrons. The molecule has 2 saturated carbocycles. The molecule has 0 aromatic rings. The summed E-state index contributed by atoms with van der Waals surface area (Å²) in [6.07, 6.45) is 4.69. The predicted octanol–water partition coefficient (Wildman–Crippen LogP) is 0.554. The molecule has 4 atom stereocenters. The van der Waals surface area contributed by atoms with E-state index >= 15 is 0 Å². The first-order valence-electron chi connectivity index (χ1n) is 7.30. The van der Waals surface area contributed by atoms with E-state index in [1.165, 1.54) is 6.92 Å². The zero-order valence-electron chi connectivity index (χ0n) is 14.1. The van der Waals surface area contributed by atoms with Gasteiger partial charge in [0.25, 0.3) is 0 Å². The predicted molar refractivity (Wildman–Crippen MR) is 78.1 cm³/mol. The Morgan fingerprint density at radius 2 is 1.81 bits per heavy atom. The van der Waals surface area contributed by atoms with Crippen molar-refractivity contribution < 1.29 is 54.0 Å². The molecule has 2 bridgehead atoms. The summed E-state index contributed by atoms with van der Waals surface area (Å²) >= 11 is 0. The maximum absolute atomic E-state index is 11.2. The molecule has 0 unspecified atom stereocenters. The molecule has 0 N–H and O–H groups in total. The fraction of sp³-hybridized carbons (Fsp3) is 0.867. The number of esters is 1. The maximum Gasteiger partial charge on any atom is 1.00 e. The van der Waals surface area contributed by atoms with Crippen LogP contribution in [0.15, 0.2) is 0 Å². The van der Waals surface area contributed by atoms with Gasteiger partial charge in [-0.15, -0.1) is 0 Å². The summed E-state index contributed by atoms with van der Waals surface area (Å²) < 4.78 is 12.0. The number of hydrogen-bond donors (Lipinski definition) is 0. The topological polar surface area (TPSA) is 35.5 Å². The third-order valence-corrected chi connectivity index (χ3v) is 9.53. The van der Waals surface area contributed by atoms with Crippen molar-refractivity contribution in [2.45, 2.75) is 70.9 Å². The van der Waals surface area contributed by atoms with Crippen LogP contribution < -0.4 is 12.4 Å². The van der Waals surface area contributed by atoms with Crippen molar-refractivity contribution in [3.8, 4) is 0 Å². The summed E-state index contributed by atoms with van der Waals surface area (Å²) in [6.45, 7) is 12.9. The van der Waals surface area contributed by atoms with Crippen molar-refractivity contribution in [1.82, 2.24) is 0 Å². The smallest absolute Gasteiger partial charge is 1.00 e. The van der Waals surface area contributed by atoms with E-state index < -0.39 is 8.32 Å². The zero-order valence-corrected chi connectivity index (χ0v) is 21.4. The van der Waals surface area contributed by atoms with Gasteiger partial charge in [-0.05, 0) is 36.9 Å². The van der Waals surface area contributed by atoms with Gasteiger partial charge in [0.15, 0.2) is 8.32 Å². The van der Waals surface area contributed by atoms with E-state index in [9.17, 15) is 4.79 Å². The Labute approximate surface area is 157 Å². The molecule has 21 heavy (non-hydrogen) atoms. The Hall–Kier alpha value is 0.872. The van der Waals surface area contributed by atoms with Crippen molar-refractivity contribution in [1.29, 1.82) is 0 Å². The molecule has 2 rings (SSSR count). The van der Waals surface area contributed by atoms with Crippen molar-refractivity contribution in [3.05, 3.63) is 6.42 Å². The van der Waals surface area contributed by atoms with Crippen molar-refractivity contribution in [2.75, 3.05) is 0 Å². The largest absolute Gasteiger partial charge is 1.00 e. The van der Waals surface area contributed by atoms with Gasteiger partial charge in [0.1, 0.15) is 6.10 Å². The van der Waals surface area contributed by atoms with Crippen molar-refractivity contribution >= 4 is 14.3 Å². The average Bonchev–Trinajstić information content (AvgIpc) is 2.72. The van der Waals surface area contributed by atoms with Crippen LogP contribution in [0.25, 0.3) is 0 Å². The fourth-order valence-corrected chi connectivity index (χ4v) is 4.38. The quantitative estimate of drug-likeness (QED) is 0.404. The third-order valence-electron chi connectivity index (χ3n) is 5.03. The molecule has 2 aliphatic carbocycles. The maximum atomic E-state index is 11.2. The first-order chi connectivity index (χ1) is 8.60. The van der Waals surface area contributed by atoms with Crippen molar-refractivity contribution in [3.63, 3.8) is 0 Å². The first kappa shape index (κ1) is 21.9. The first-order valence-corrected chi connectivity index (χ1v) is 10.2. The Bertz CT molecular complexity index is 370. The molecule has 0 aliphatic heterocycles. The number of ether oxygens (including phenoxy) is 1. The third kappa shape index (κ3) is 4.92. The van der Waals surface area contributed by atoms with Crippen LogP contribution in [0.5, 0.6) is 0 Å². The monoisotopic (exact) mass is 520 g/mol. The van der Waals surface area contributed by atoms with Crippen LogP contribution in [0.2, 0.25) is 18.1 Å². The van der Waals surface area contributed by atoms with Crippen LogP contribution in [-0.2, 0) is 41.6 Å². The zero-order chi connectivity index (χ0) is 14.4. The molecule has 0 heterocycles. The normalized spacial score (nSPS) is 31.3. The van der Waals surface area contributed by atoms with Gasteiger partial charge < -0.3 is 21.6 Å². The molecule has 3 nitrogen and oxygen atoms in total. The molecular formula is C15H27ClHgO3Si. The standard InChI is InChI=1S/C15H27O3Si.ClH.Hg/c1-10(16)17-13-8-11-7-12(13)14(9-11)18-19(5,6)15(2,3)4;;/h8,11-14H,7,9H2,1-6H3;1H;/q;;+1/p-1/t11-,12+,13+,14+;;/m1../s1. The molecular weight excluding hydrogens is 492 g/mol. The Kier molecular flexibility index (Phi) is 7.94. The average molecular weight is 520 g/mol. The van der Waals surface area contributed by atoms with Crippen molar-refractivity contribution in [2.24, 2.45) is 11.8 Å². The number of carbonyl (C=O) groups is 1. The minimum absolute atomic E-state index is 0. The van der Waals surface area contributed by atoms with Crippen LogP contribution in [0.4, 0.5) is 0 Å². The van der Waals surface area contributed by atoms with Gasteiger partial charge in [-0.3, -0.25) is 4.79 Å². The van der Waals surface area contributed by atoms with E-state index in [2.05, 4.69) is 40.3 Å². The van der Waals surface area contributed by atoms with E-state index in [0.717, 1.165) is 12.8 Å². The molecule has 2 fully saturated rings. The van der Waals surface area contributed by atoms with E-state index in [-0.39, 0.29) is 63.3 Å². The van der Waals surface area contributed by atoms with Gasteiger partial charge in [0.2, 0.25) is 0 Å². The molecule has 2 aliphatic rings. The summed E-state index contributed by atoms with van der Waals surface area (Å²) in [5, 5.41) is 0.232. The van der Waals surface area contributed by atoms with E-state index in [1.54, 1.807) is 0 Å². The minimum Gasteiger partial charge on any atom is -1.00 e. The summed E-state index contributed by atoms with van der Waals surface area (Å²) in [5.74, 6) is 0.770. The molecule has 0 aromatic heterocycles. The van der Waals surface area contributed by atoms with Gasteiger partial charge >= 0.3 is 33.6 Å². The second-order valence-corrected chi connectivity index (χ2v) is 12.3. The molecule has 0 aromatic carbocycles. The minimum atomic E-state index is -1.73. The molecule has 6 heteroatoms. The summed E-state index contributed by atoms with van der Waals surface area (Å²) in [7, 11) is -1.73. The van der Waals surface area contributed by atoms with Crippen LogP contribution in [0.3, 0.4) is 0 Å². The van der Waals surface area contributed by atoms with Gasteiger partial charge in [0.05, 0.1) is 6.10 Å². The number of carbonyl (C=O) groups excluding carboxylic acids is 1. The molecule has 118 valence electrons. The number of hydrogen-bond acceptors (Lipinski definition) is 3. The number of rotatable bonds is 3. The van der Waals surface area contributed by atoms with E-state index in [1.807, 2.05) is 0 Å². The van der Waals surface area contributed by atoms with E-state index in [4.69, 9.17) is 9.16 Å². The summed E-state index contributed by atoms with van der Waals surface area (Å²) in [5.41, 5.74) is 0. The van der Waals surface area contributed by atoms with Gasteiger partial charge in [0, 0.05) is 19.3 Å². The van der Waals surface area contributed by atoms with Crippen LogP contribution >= 0.6 is 0 Å². The van der Waals surface area contributed by atoms with Gasteiger partial charge in [-0.2, -0.15) is 0 Å². The van der Waals surface area contributed by atoms with Crippen LogP contribution in [0, 0.1) is 18.3 Å². The van der Waals surface area contributed by atoms with E-state index in [0.29, 0.717) is 11.8 Å². The fourth-order valence-electron chi connectivity index (χ4n) is 2.99. The van der Waals surface area contributed by atoms with Crippen LogP contribution in [0.1, 0.15) is 40.5 Å². The summed E-state index contributed by atoms with van der Waals surface area (Å²) in [6, 6.07) is 0. The number of fused-ring (bicyclic) bond motifs is 2. The molecule has 0 amide bonds. The van der Waals surface area contributed by atoms with Crippen LogP contribution in [-0.4, -0.2) is 26.5 Å². The Morgan fingerprint density at radius 3 is 2.24 bits per heavy atom. The number of halogens is 1. The second kappa shape index (κ2) is 7.63.